The molecule has 6 rings (SSSR count). The second-order valence-electron chi connectivity index (χ2n) is 9.98. The van der Waals surface area contributed by atoms with Gasteiger partial charge in [0.15, 0.2) is 5.82 Å². The predicted octanol–water partition coefficient (Wildman–Crippen LogP) is 6.09. The fourth-order valence-corrected chi connectivity index (χ4v) is 6.13. The molecule has 0 N–H and O–H groups in total. The summed E-state index contributed by atoms with van der Waals surface area (Å²) in [5.41, 5.74) is -0.944. The van der Waals surface area contributed by atoms with Crippen LogP contribution in [0.15, 0.2) is 70.7 Å². The zero-order chi connectivity index (χ0) is 29.8. The van der Waals surface area contributed by atoms with Crippen molar-refractivity contribution >= 4 is 39.0 Å². The first-order chi connectivity index (χ1) is 19.2. The van der Waals surface area contributed by atoms with Gasteiger partial charge in [-0.1, -0.05) is 58.7 Å². The minimum atomic E-state index is -4.84. The monoisotopic (exact) mass is 632 g/mol. The first-order valence-electron chi connectivity index (χ1n) is 12.1. The van der Waals surface area contributed by atoms with E-state index >= 15 is 0 Å². The van der Waals surface area contributed by atoms with Crippen molar-refractivity contribution in [3.63, 3.8) is 0 Å². The van der Waals surface area contributed by atoms with Crippen LogP contribution in [-0.4, -0.2) is 49.9 Å². The molecule has 41 heavy (non-hydrogen) atoms. The van der Waals surface area contributed by atoms with Crippen LogP contribution >= 0.6 is 23.2 Å². The number of nitrogens with zero attached hydrogens (tertiary/aromatic N) is 2. The third kappa shape index (κ3) is 5.44. The van der Waals surface area contributed by atoms with Crippen molar-refractivity contribution in [3.8, 4) is 0 Å². The zero-order valence-corrected chi connectivity index (χ0v) is 23.5. The third-order valence-electron chi connectivity index (χ3n) is 7.15. The Labute approximate surface area is 244 Å². The van der Waals surface area contributed by atoms with E-state index < -0.39 is 49.7 Å². The van der Waals surface area contributed by atoms with E-state index in [4.69, 9.17) is 32.8 Å². The molecule has 0 saturated carbocycles. The fourth-order valence-electron chi connectivity index (χ4n) is 5.15. The van der Waals surface area contributed by atoms with E-state index in [0.717, 1.165) is 36.3 Å². The summed E-state index contributed by atoms with van der Waals surface area (Å²) in [5, 5.41) is 2.72. The molecule has 7 nitrogen and oxygen atoms in total. The van der Waals surface area contributed by atoms with Crippen molar-refractivity contribution < 1.29 is 41.5 Å². The molecule has 1 atom stereocenters. The van der Waals surface area contributed by atoms with E-state index in [1.165, 1.54) is 24.3 Å². The molecule has 0 aromatic heterocycles. The lowest BCUT2D eigenvalue weighted by atomic mass is 9.83. The van der Waals surface area contributed by atoms with Crippen LogP contribution < -0.4 is 0 Å². The number of likely N-dealkylation sites (N-methyl/N-ethyl adjacent to an activating group) is 1. The fraction of sp³-hybridized carbons (Fsp3) is 0.296. The smallest absolute Gasteiger partial charge is 0.744 e. The van der Waals surface area contributed by atoms with Gasteiger partial charge < -0.3 is 14.1 Å². The lowest BCUT2D eigenvalue weighted by molar-refractivity contribution is -0.275. The first kappa shape index (κ1) is 29.7. The van der Waals surface area contributed by atoms with Gasteiger partial charge in [-0.15, -0.1) is 0 Å². The average Bonchev–Trinajstić information content (AvgIpc) is 3.51. The molecule has 1 fully saturated rings. The van der Waals surface area contributed by atoms with Gasteiger partial charge in [-0.3, -0.25) is 4.90 Å². The molecule has 3 heterocycles. The first-order valence-corrected chi connectivity index (χ1v) is 14.3. The SMILES string of the molecule is CN1CC2(C1)OCc1cc(C3=NOC(c4cc(Cl)c(F)c(Cl)c4)(C(F)(F)F)C3)ccc12.O=S(=O)([O-])c1ccccc1.[H+]. The summed E-state index contributed by atoms with van der Waals surface area (Å²) in [5.74, 6) is -0.988. The Morgan fingerprint density at radius 1 is 1.05 bits per heavy atom. The maximum absolute atomic E-state index is 14.2. The number of oxime groups is 1. The molecule has 3 aromatic rings. The standard InChI is InChI=1S/C21H16Cl2F4N2O2.C6H6O3S/c1-29-9-19(10-29)14-3-2-11(4-12(14)8-30-19)17-7-20(31-28-17,21(25,26)27)13-5-15(22)18(24)16(23)6-13;7-10(8,9)6-4-2-1-3-5-6/h2-6H,7-10H2,1H3;1-5H,(H,7,8,9). The van der Waals surface area contributed by atoms with Crippen molar-refractivity contribution in [2.24, 2.45) is 5.16 Å². The second kappa shape index (κ2) is 10.5. The molecule has 1 spiro atoms. The van der Waals surface area contributed by atoms with Crippen molar-refractivity contribution in [2.45, 2.75) is 35.3 Å². The third-order valence-corrected chi connectivity index (χ3v) is 8.55. The van der Waals surface area contributed by atoms with E-state index in [9.17, 15) is 30.5 Å². The van der Waals surface area contributed by atoms with Gasteiger partial charge in [0.05, 0.1) is 27.3 Å². The van der Waals surface area contributed by atoms with Crippen molar-refractivity contribution in [1.29, 1.82) is 0 Å². The van der Waals surface area contributed by atoms with Gasteiger partial charge in [0, 0.05) is 25.1 Å². The van der Waals surface area contributed by atoms with Gasteiger partial charge in [-0.2, -0.15) is 13.2 Å². The number of alkyl halides is 3. The molecule has 3 aliphatic heterocycles. The number of ether oxygens (including phenoxy) is 1. The molecule has 3 aromatic carbocycles. The molecular formula is C27H22Cl2F4N2O5S. The highest BCUT2D eigenvalue weighted by Crippen LogP contribution is 2.50. The predicted molar refractivity (Wildman–Crippen MR) is 142 cm³/mol. The van der Waals surface area contributed by atoms with Gasteiger partial charge >= 0.3 is 7.60 Å². The van der Waals surface area contributed by atoms with Gasteiger partial charge in [0.1, 0.15) is 15.7 Å². The van der Waals surface area contributed by atoms with Gasteiger partial charge in [0.2, 0.25) is 0 Å². The summed E-state index contributed by atoms with van der Waals surface area (Å²) in [4.78, 5) is 6.95. The Morgan fingerprint density at radius 2 is 1.68 bits per heavy atom. The summed E-state index contributed by atoms with van der Waals surface area (Å²) in [6, 6.07) is 14.3. The van der Waals surface area contributed by atoms with Crippen molar-refractivity contribution in [3.05, 3.63) is 98.8 Å². The number of halogens is 6. The van der Waals surface area contributed by atoms with Crippen LogP contribution in [0, 0.1) is 5.82 Å². The molecule has 218 valence electrons. The minimum Gasteiger partial charge on any atom is -0.744 e. The Kier molecular flexibility index (Phi) is 7.63. The molecule has 0 aliphatic carbocycles. The lowest BCUT2D eigenvalue weighted by Gasteiger charge is -2.45. The topological polar surface area (TPSA) is 91.3 Å². The van der Waals surface area contributed by atoms with E-state index in [1.807, 2.05) is 13.1 Å². The average molecular weight is 633 g/mol. The summed E-state index contributed by atoms with van der Waals surface area (Å²) in [7, 11) is -2.26. The zero-order valence-electron chi connectivity index (χ0n) is 22.2. The molecule has 14 heteroatoms. The summed E-state index contributed by atoms with van der Waals surface area (Å²) < 4.78 is 93.1. The van der Waals surface area contributed by atoms with Gasteiger partial charge in [-0.05, 0) is 54.1 Å². The highest BCUT2D eigenvalue weighted by Gasteiger charge is 2.62. The van der Waals surface area contributed by atoms with Crippen LogP contribution in [0.2, 0.25) is 10.0 Å². The van der Waals surface area contributed by atoms with Gasteiger partial charge in [0.25, 0.3) is 5.60 Å². The number of hydrogen-bond donors (Lipinski definition) is 0. The Balaban J connectivity index is 0.000000314. The quantitative estimate of drug-likeness (QED) is 0.197. The number of likely N-dealkylation sites (tertiary alicyclic amines) is 1. The molecule has 1 saturated heterocycles. The largest absolute Gasteiger partial charge is 1.00 e. The van der Waals surface area contributed by atoms with Crippen molar-refractivity contribution in [1.82, 2.24) is 4.90 Å². The number of rotatable bonds is 3. The summed E-state index contributed by atoms with van der Waals surface area (Å²) in [6.45, 7) is 1.93. The lowest BCUT2D eigenvalue weighted by Crippen LogP contribution is -2.57. The maximum atomic E-state index is 14.2. The highest BCUT2D eigenvalue weighted by atomic mass is 35.5. The van der Waals surface area contributed by atoms with E-state index in [1.54, 1.807) is 18.2 Å². The Bertz CT molecular complexity index is 1610. The van der Waals surface area contributed by atoms with Crippen molar-refractivity contribution in [2.75, 3.05) is 20.1 Å². The summed E-state index contributed by atoms with van der Waals surface area (Å²) >= 11 is 11.5. The molecule has 0 radical (unpaired) electrons. The van der Waals surface area contributed by atoms with E-state index in [0.29, 0.717) is 12.2 Å². The number of fused-ring (bicyclic) bond motifs is 2. The Hall–Kier alpha value is -2.74. The normalized spacial score (nSPS) is 21.4. The van der Waals surface area contributed by atoms with Crippen LogP contribution in [-0.2, 0) is 37.5 Å². The second-order valence-corrected chi connectivity index (χ2v) is 12.2. The minimum absolute atomic E-state index is 0. The highest BCUT2D eigenvalue weighted by molar-refractivity contribution is 7.85. The number of hydrogen-bond acceptors (Lipinski definition) is 7. The van der Waals surface area contributed by atoms with Crippen LogP contribution in [0.3, 0.4) is 0 Å². The maximum Gasteiger partial charge on any atom is 1.00 e. The molecular weight excluding hydrogens is 611 g/mol. The van der Waals surface area contributed by atoms with Crippen LogP contribution in [0.4, 0.5) is 17.6 Å². The number of benzene rings is 3. The molecule has 1 unspecified atom stereocenters. The van der Waals surface area contributed by atoms with Crippen LogP contribution in [0.1, 0.15) is 30.1 Å². The molecule has 3 aliphatic rings. The van der Waals surface area contributed by atoms with Crippen LogP contribution in [0.25, 0.3) is 0 Å². The molecule has 0 bridgehead atoms. The van der Waals surface area contributed by atoms with Crippen LogP contribution in [0.5, 0.6) is 0 Å². The molecule has 0 amide bonds. The van der Waals surface area contributed by atoms with E-state index in [2.05, 4.69) is 10.1 Å². The van der Waals surface area contributed by atoms with Gasteiger partial charge in [-0.25, -0.2) is 12.8 Å². The van der Waals surface area contributed by atoms with E-state index in [-0.39, 0.29) is 17.6 Å². The Morgan fingerprint density at radius 3 is 2.22 bits per heavy atom. The summed E-state index contributed by atoms with van der Waals surface area (Å²) in [6.07, 6.45) is -5.44.